The summed E-state index contributed by atoms with van der Waals surface area (Å²) in [6, 6.07) is 0. The minimum Gasteiger partial charge on any atom is -0.481 e. The fraction of sp³-hybridized carbons (Fsp3) is 0.900. The number of aliphatic hydroxyl groups is 1. The zero-order valence-electron chi connectivity index (χ0n) is 15.8. The molecule has 0 aliphatic rings. The third kappa shape index (κ3) is 20.9. The summed E-state index contributed by atoms with van der Waals surface area (Å²) in [6.07, 6.45) is 15.8. The summed E-state index contributed by atoms with van der Waals surface area (Å²) in [7, 11) is 0. The molecule has 3 N–H and O–H groups in total. The Labute approximate surface area is 152 Å². The molecule has 0 fully saturated rings. The van der Waals surface area contributed by atoms with Gasteiger partial charge in [0, 0.05) is 12.8 Å². The lowest BCUT2D eigenvalue weighted by Crippen LogP contribution is -2.05. The molecule has 0 heterocycles. The van der Waals surface area contributed by atoms with E-state index in [0.29, 0.717) is 0 Å². The molecule has 0 saturated carbocycles. The Morgan fingerprint density at radius 1 is 0.520 bits per heavy atom. The predicted molar refractivity (Wildman–Crippen MR) is 99.8 cm³/mol. The second-order valence-corrected chi connectivity index (χ2v) is 7.11. The summed E-state index contributed by atoms with van der Waals surface area (Å²) in [5.41, 5.74) is 0. The maximum atomic E-state index is 10.4. The van der Waals surface area contributed by atoms with Gasteiger partial charge in [0.2, 0.25) is 0 Å². The number of unbranched alkanes of at least 4 members (excludes halogenated alkanes) is 11. The fourth-order valence-corrected chi connectivity index (χ4v) is 3.05. The van der Waals surface area contributed by atoms with Crippen molar-refractivity contribution in [3.8, 4) is 0 Å². The van der Waals surface area contributed by atoms with Gasteiger partial charge in [0.25, 0.3) is 0 Å². The third-order valence-corrected chi connectivity index (χ3v) is 4.61. The number of aliphatic carboxylic acids is 2. The van der Waals surface area contributed by atoms with Gasteiger partial charge in [0.15, 0.2) is 0 Å². The largest absolute Gasteiger partial charge is 0.481 e. The van der Waals surface area contributed by atoms with Crippen molar-refractivity contribution in [3.63, 3.8) is 0 Å². The van der Waals surface area contributed by atoms with Crippen molar-refractivity contribution < 1.29 is 24.9 Å². The molecule has 0 rings (SSSR count). The Kier molecular flexibility index (Phi) is 16.9. The van der Waals surface area contributed by atoms with E-state index >= 15 is 0 Å². The summed E-state index contributed by atoms with van der Waals surface area (Å²) >= 11 is 0. The first-order chi connectivity index (χ1) is 12.0. The van der Waals surface area contributed by atoms with Crippen LogP contribution in [0.15, 0.2) is 0 Å². The van der Waals surface area contributed by atoms with Crippen LogP contribution in [0.5, 0.6) is 0 Å². The highest BCUT2D eigenvalue weighted by molar-refractivity contribution is 5.66. The summed E-state index contributed by atoms with van der Waals surface area (Å²) in [5.74, 6) is -1.41. The maximum absolute atomic E-state index is 10.4. The minimum absolute atomic E-state index is 0.178. The molecule has 1 atom stereocenters. The molecular weight excluding hydrogens is 320 g/mol. The van der Waals surface area contributed by atoms with Crippen LogP contribution in [0, 0.1) is 0 Å². The normalized spacial score (nSPS) is 12.2. The van der Waals surface area contributed by atoms with E-state index in [-0.39, 0.29) is 18.9 Å². The van der Waals surface area contributed by atoms with E-state index in [2.05, 4.69) is 0 Å². The van der Waals surface area contributed by atoms with Gasteiger partial charge in [-0.2, -0.15) is 0 Å². The Bertz CT molecular complexity index is 330. The highest BCUT2D eigenvalue weighted by atomic mass is 16.4. The molecule has 0 aromatic rings. The number of carboxylic acids is 2. The zero-order chi connectivity index (χ0) is 18.8. The summed E-state index contributed by atoms with van der Waals surface area (Å²) < 4.78 is 0. The van der Waals surface area contributed by atoms with Crippen LogP contribution in [0.4, 0.5) is 0 Å². The molecule has 0 aliphatic heterocycles. The van der Waals surface area contributed by atoms with E-state index in [9.17, 15) is 14.7 Å². The van der Waals surface area contributed by atoms with E-state index in [4.69, 9.17) is 10.2 Å². The van der Waals surface area contributed by atoms with Crippen molar-refractivity contribution in [1.29, 1.82) is 0 Å². The molecule has 5 nitrogen and oxygen atoms in total. The van der Waals surface area contributed by atoms with Crippen molar-refractivity contribution in [1.82, 2.24) is 0 Å². The lowest BCUT2D eigenvalue weighted by Gasteiger charge is -2.10. The van der Waals surface area contributed by atoms with E-state index in [0.717, 1.165) is 89.9 Å². The maximum Gasteiger partial charge on any atom is 0.303 e. The van der Waals surface area contributed by atoms with Crippen molar-refractivity contribution in [3.05, 3.63) is 0 Å². The molecule has 5 heteroatoms. The Hall–Kier alpha value is -1.10. The van der Waals surface area contributed by atoms with Crippen LogP contribution in [0.1, 0.15) is 109 Å². The first-order valence-corrected chi connectivity index (χ1v) is 10.1. The fourth-order valence-electron chi connectivity index (χ4n) is 3.05. The van der Waals surface area contributed by atoms with E-state index in [1.165, 1.54) is 6.42 Å². The van der Waals surface area contributed by atoms with E-state index in [1.807, 2.05) is 0 Å². The summed E-state index contributed by atoms with van der Waals surface area (Å²) in [4.78, 5) is 20.7. The van der Waals surface area contributed by atoms with Gasteiger partial charge in [-0.25, -0.2) is 0 Å². The quantitative estimate of drug-likeness (QED) is 0.278. The Morgan fingerprint density at radius 3 is 1.12 bits per heavy atom. The Morgan fingerprint density at radius 2 is 0.800 bits per heavy atom. The first-order valence-electron chi connectivity index (χ1n) is 10.1. The van der Waals surface area contributed by atoms with Crippen LogP contribution in [0.2, 0.25) is 0 Å². The molecule has 0 aromatic carbocycles. The van der Waals surface area contributed by atoms with Crippen molar-refractivity contribution in [2.24, 2.45) is 0 Å². The average Bonchev–Trinajstić information content (AvgIpc) is 2.55. The molecule has 0 aromatic heterocycles. The van der Waals surface area contributed by atoms with Gasteiger partial charge in [0.05, 0.1) is 6.10 Å². The second kappa shape index (κ2) is 17.7. The second-order valence-electron chi connectivity index (χ2n) is 7.11. The molecule has 148 valence electrons. The van der Waals surface area contributed by atoms with Crippen LogP contribution in [0.3, 0.4) is 0 Å². The van der Waals surface area contributed by atoms with Gasteiger partial charge in [0.1, 0.15) is 0 Å². The van der Waals surface area contributed by atoms with Gasteiger partial charge >= 0.3 is 11.9 Å². The Balaban J connectivity index is 3.19. The van der Waals surface area contributed by atoms with Crippen molar-refractivity contribution in [2.45, 2.75) is 115 Å². The first kappa shape index (κ1) is 23.9. The number of rotatable bonds is 19. The molecule has 0 bridgehead atoms. The van der Waals surface area contributed by atoms with Gasteiger partial charge in [-0.15, -0.1) is 0 Å². The van der Waals surface area contributed by atoms with Crippen molar-refractivity contribution in [2.75, 3.05) is 0 Å². The van der Waals surface area contributed by atoms with Crippen LogP contribution >= 0.6 is 0 Å². The number of hydrogen-bond donors (Lipinski definition) is 3. The van der Waals surface area contributed by atoms with Gasteiger partial charge in [-0.3, -0.25) is 9.59 Å². The number of carboxylic acid groups (broad SMARTS) is 2. The highest BCUT2D eigenvalue weighted by Gasteiger charge is 2.04. The molecule has 0 saturated heterocycles. The smallest absolute Gasteiger partial charge is 0.303 e. The van der Waals surface area contributed by atoms with Crippen LogP contribution in [-0.2, 0) is 9.59 Å². The molecule has 1 unspecified atom stereocenters. The van der Waals surface area contributed by atoms with Crippen LogP contribution in [-0.4, -0.2) is 33.4 Å². The van der Waals surface area contributed by atoms with Crippen LogP contribution < -0.4 is 0 Å². The molecule has 0 radical (unpaired) electrons. The molecule has 0 aliphatic carbocycles. The van der Waals surface area contributed by atoms with Crippen LogP contribution in [0.25, 0.3) is 0 Å². The molecule has 0 amide bonds. The van der Waals surface area contributed by atoms with Gasteiger partial charge in [-0.1, -0.05) is 70.6 Å². The number of aliphatic hydroxyl groups excluding tert-OH is 1. The molecular formula is C20H38O5. The van der Waals surface area contributed by atoms with E-state index in [1.54, 1.807) is 0 Å². The summed E-state index contributed by atoms with van der Waals surface area (Å²) in [5, 5.41) is 27.0. The van der Waals surface area contributed by atoms with Gasteiger partial charge in [-0.05, 0) is 25.7 Å². The standard InChI is InChI=1S/C20H38O5/c21-18(15-11-7-4-5-9-13-17-20(24)25)14-10-6-2-1-3-8-12-16-19(22)23/h18,21H,1-17H2,(H,22,23)(H,24,25). The number of hydrogen-bond acceptors (Lipinski definition) is 3. The third-order valence-electron chi connectivity index (χ3n) is 4.61. The predicted octanol–water partition coefficient (Wildman–Crippen LogP) is 5.15. The zero-order valence-corrected chi connectivity index (χ0v) is 15.8. The topological polar surface area (TPSA) is 94.8 Å². The van der Waals surface area contributed by atoms with Gasteiger partial charge < -0.3 is 15.3 Å². The molecule has 25 heavy (non-hydrogen) atoms. The highest BCUT2D eigenvalue weighted by Crippen LogP contribution is 2.14. The number of carbonyl (C=O) groups is 2. The SMILES string of the molecule is O=C(O)CCCCCCCCCC(O)CCCCCCCCC(=O)O. The minimum atomic E-state index is -0.707. The lowest BCUT2D eigenvalue weighted by atomic mass is 10.0. The summed E-state index contributed by atoms with van der Waals surface area (Å²) in [6.45, 7) is 0. The molecule has 0 spiro atoms. The average molecular weight is 359 g/mol. The monoisotopic (exact) mass is 358 g/mol. The van der Waals surface area contributed by atoms with E-state index < -0.39 is 11.9 Å². The lowest BCUT2D eigenvalue weighted by molar-refractivity contribution is -0.138. The van der Waals surface area contributed by atoms with Crippen molar-refractivity contribution >= 4 is 11.9 Å².